The van der Waals surface area contributed by atoms with Crippen LogP contribution in [0.4, 0.5) is 0 Å². The molecule has 0 bridgehead atoms. The highest BCUT2D eigenvalue weighted by Crippen LogP contribution is 2.35. The molecule has 0 spiro atoms. The summed E-state index contributed by atoms with van der Waals surface area (Å²) < 4.78 is 0. The molecular weight excluding hydrogens is 222 g/mol. The normalized spacial score (nSPS) is 30.5. The van der Waals surface area contributed by atoms with Crippen LogP contribution in [0.2, 0.25) is 0 Å². The second kappa shape index (κ2) is 6.36. The van der Waals surface area contributed by atoms with E-state index >= 15 is 0 Å². The predicted octanol–water partition coefficient (Wildman–Crippen LogP) is 1.79. The molecule has 1 N–H and O–H groups in total. The molecule has 2 rings (SSSR count). The molecular formula is C15H31N3. The van der Waals surface area contributed by atoms with Crippen molar-refractivity contribution < 1.29 is 0 Å². The molecule has 0 aromatic carbocycles. The van der Waals surface area contributed by atoms with Crippen LogP contribution in [0.1, 0.15) is 39.5 Å². The summed E-state index contributed by atoms with van der Waals surface area (Å²) in [5.74, 6) is 0. The molecule has 2 aliphatic rings. The minimum absolute atomic E-state index is 0.500. The molecule has 0 amide bonds. The highest BCUT2D eigenvalue weighted by atomic mass is 15.2. The van der Waals surface area contributed by atoms with Crippen molar-refractivity contribution >= 4 is 0 Å². The number of hydrogen-bond acceptors (Lipinski definition) is 3. The van der Waals surface area contributed by atoms with Crippen LogP contribution < -0.4 is 5.32 Å². The summed E-state index contributed by atoms with van der Waals surface area (Å²) in [5, 5.41) is 3.82. The van der Waals surface area contributed by atoms with Crippen LogP contribution >= 0.6 is 0 Å². The predicted molar refractivity (Wildman–Crippen MR) is 78.0 cm³/mol. The summed E-state index contributed by atoms with van der Waals surface area (Å²) in [6.07, 6.45) is 5.59. The van der Waals surface area contributed by atoms with Gasteiger partial charge < -0.3 is 10.2 Å². The molecule has 106 valence electrons. The molecule has 3 heteroatoms. The lowest BCUT2D eigenvalue weighted by molar-refractivity contribution is 0.137. The highest BCUT2D eigenvalue weighted by molar-refractivity contribution is 4.88. The van der Waals surface area contributed by atoms with E-state index in [1.54, 1.807) is 0 Å². The Hall–Kier alpha value is -0.120. The molecule has 2 fully saturated rings. The first-order chi connectivity index (χ1) is 8.58. The summed E-state index contributed by atoms with van der Waals surface area (Å²) in [6.45, 7) is 12.2. The van der Waals surface area contributed by atoms with Crippen molar-refractivity contribution in [1.29, 1.82) is 0 Å². The van der Waals surface area contributed by atoms with Crippen molar-refractivity contribution in [3.05, 3.63) is 0 Å². The van der Waals surface area contributed by atoms with Gasteiger partial charge >= 0.3 is 0 Å². The van der Waals surface area contributed by atoms with Crippen LogP contribution in [0.3, 0.4) is 0 Å². The smallest absolute Gasteiger partial charge is 0.0119 e. The number of hydrogen-bond donors (Lipinski definition) is 1. The first kappa shape index (κ1) is 14.3. The molecule has 1 aliphatic carbocycles. The molecule has 0 aromatic rings. The fourth-order valence-corrected chi connectivity index (χ4v) is 3.34. The summed E-state index contributed by atoms with van der Waals surface area (Å²) in [7, 11) is 2.22. The molecule has 1 aliphatic heterocycles. The van der Waals surface area contributed by atoms with Gasteiger partial charge in [-0.3, -0.25) is 4.90 Å². The maximum absolute atomic E-state index is 3.82. The lowest BCUT2D eigenvalue weighted by atomic mass is 9.73. The largest absolute Gasteiger partial charge is 0.312 e. The van der Waals surface area contributed by atoms with Crippen molar-refractivity contribution in [2.45, 2.75) is 45.6 Å². The van der Waals surface area contributed by atoms with Crippen LogP contribution in [-0.2, 0) is 0 Å². The lowest BCUT2D eigenvalue weighted by Gasteiger charge is -2.40. The van der Waals surface area contributed by atoms with Gasteiger partial charge in [-0.25, -0.2) is 0 Å². The van der Waals surface area contributed by atoms with Crippen molar-refractivity contribution in [2.75, 3.05) is 46.3 Å². The zero-order valence-corrected chi connectivity index (χ0v) is 12.5. The fourth-order valence-electron chi connectivity index (χ4n) is 3.34. The minimum Gasteiger partial charge on any atom is -0.312 e. The number of likely N-dealkylation sites (N-methyl/N-ethyl adjacent to an activating group) is 1. The van der Waals surface area contributed by atoms with Crippen LogP contribution in [0.15, 0.2) is 0 Å². The Balaban J connectivity index is 1.65. The van der Waals surface area contributed by atoms with E-state index < -0.39 is 0 Å². The Morgan fingerprint density at radius 1 is 1.11 bits per heavy atom. The molecule has 0 aromatic heterocycles. The third kappa shape index (κ3) is 3.94. The Morgan fingerprint density at radius 2 is 1.83 bits per heavy atom. The van der Waals surface area contributed by atoms with Gasteiger partial charge in [0.25, 0.3) is 0 Å². The Labute approximate surface area is 113 Å². The molecule has 1 saturated carbocycles. The fraction of sp³-hybridized carbons (Fsp3) is 1.00. The first-order valence-corrected chi connectivity index (χ1v) is 7.72. The van der Waals surface area contributed by atoms with E-state index in [-0.39, 0.29) is 0 Å². The zero-order valence-electron chi connectivity index (χ0n) is 12.5. The average Bonchev–Trinajstić information content (AvgIpc) is 2.33. The maximum atomic E-state index is 3.82. The van der Waals surface area contributed by atoms with Gasteiger partial charge in [0.15, 0.2) is 0 Å². The van der Waals surface area contributed by atoms with Crippen LogP contribution in [0.5, 0.6) is 0 Å². The van der Waals surface area contributed by atoms with Crippen LogP contribution in [0.25, 0.3) is 0 Å². The van der Waals surface area contributed by atoms with E-state index in [4.69, 9.17) is 0 Å². The van der Waals surface area contributed by atoms with Gasteiger partial charge in [-0.1, -0.05) is 26.7 Å². The van der Waals surface area contributed by atoms with E-state index in [2.05, 4.69) is 36.0 Å². The molecule has 3 nitrogen and oxygen atoms in total. The molecule has 1 atom stereocenters. The molecule has 18 heavy (non-hydrogen) atoms. The van der Waals surface area contributed by atoms with Gasteiger partial charge in [0.2, 0.25) is 0 Å². The van der Waals surface area contributed by atoms with E-state index in [1.165, 1.54) is 58.4 Å². The van der Waals surface area contributed by atoms with Gasteiger partial charge in [-0.2, -0.15) is 0 Å². The summed E-state index contributed by atoms with van der Waals surface area (Å²) in [4.78, 5) is 5.02. The van der Waals surface area contributed by atoms with Gasteiger partial charge in [0, 0.05) is 45.3 Å². The zero-order chi connectivity index (χ0) is 13.0. The average molecular weight is 253 g/mol. The Kier molecular flexibility index (Phi) is 5.05. The van der Waals surface area contributed by atoms with E-state index in [1.807, 2.05) is 0 Å². The Morgan fingerprint density at radius 3 is 2.50 bits per heavy atom. The van der Waals surface area contributed by atoms with Crippen molar-refractivity contribution in [2.24, 2.45) is 5.41 Å². The summed E-state index contributed by atoms with van der Waals surface area (Å²) in [5.41, 5.74) is 0.500. The SMILES string of the molecule is CN1CCN(CCNC2CCCCC2(C)C)CC1. The van der Waals surface area contributed by atoms with Crippen molar-refractivity contribution in [1.82, 2.24) is 15.1 Å². The number of rotatable bonds is 4. The molecule has 1 unspecified atom stereocenters. The second-order valence-electron chi connectivity index (χ2n) is 6.89. The van der Waals surface area contributed by atoms with E-state index in [0.717, 1.165) is 12.6 Å². The highest BCUT2D eigenvalue weighted by Gasteiger charge is 2.31. The Bertz CT molecular complexity index is 244. The summed E-state index contributed by atoms with van der Waals surface area (Å²) >= 11 is 0. The first-order valence-electron chi connectivity index (χ1n) is 7.72. The third-order valence-corrected chi connectivity index (χ3v) is 4.92. The number of nitrogens with zero attached hydrogens (tertiary/aromatic N) is 2. The van der Waals surface area contributed by atoms with Crippen LogP contribution in [0, 0.1) is 5.41 Å². The monoisotopic (exact) mass is 253 g/mol. The van der Waals surface area contributed by atoms with Gasteiger partial charge in [-0.05, 0) is 25.3 Å². The maximum Gasteiger partial charge on any atom is 0.0119 e. The summed E-state index contributed by atoms with van der Waals surface area (Å²) in [6, 6.07) is 0.735. The topological polar surface area (TPSA) is 18.5 Å². The van der Waals surface area contributed by atoms with Crippen molar-refractivity contribution in [3.63, 3.8) is 0 Å². The molecule has 1 saturated heterocycles. The third-order valence-electron chi connectivity index (χ3n) is 4.92. The number of nitrogens with one attached hydrogen (secondary N) is 1. The quantitative estimate of drug-likeness (QED) is 0.824. The second-order valence-corrected chi connectivity index (χ2v) is 6.89. The van der Waals surface area contributed by atoms with E-state index in [0.29, 0.717) is 5.41 Å². The van der Waals surface area contributed by atoms with Crippen LogP contribution in [-0.4, -0.2) is 62.2 Å². The van der Waals surface area contributed by atoms with Gasteiger partial charge in [0.05, 0.1) is 0 Å². The van der Waals surface area contributed by atoms with Gasteiger partial charge in [-0.15, -0.1) is 0 Å². The molecule has 1 heterocycles. The van der Waals surface area contributed by atoms with Crippen molar-refractivity contribution in [3.8, 4) is 0 Å². The molecule has 0 radical (unpaired) electrons. The lowest BCUT2D eigenvalue weighted by Crippen LogP contribution is -2.49. The van der Waals surface area contributed by atoms with E-state index in [9.17, 15) is 0 Å². The minimum atomic E-state index is 0.500. The number of piperazine rings is 1. The standard InChI is InChI=1S/C15H31N3/c1-15(2)7-5-4-6-14(15)16-8-9-18-12-10-17(3)11-13-18/h14,16H,4-13H2,1-3H3. The van der Waals surface area contributed by atoms with Gasteiger partial charge in [0.1, 0.15) is 0 Å².